The van der Waals surface area contributed by atoms with Crippen LogP contribution < -0.4 is 5.73 Å². The van der Waals surface area contributed by atoms with Crippen molar-refractivity contribution in [2.24, 2.45) is 0 Å². The van der Waals surface area contributed by atoms with Crippen LogP contribution in [0.3, 0.4) is 0 Å². The smallest absolute Gasteiger partial charge is 0.0561 e. The molecule has 0 saturated carbocycles. The average Bonchev–Trinajstić information content (AvgIpc) is 3.90. The van der Waals surface area contributed by atoms with Crippen molar-refractivity contribution in [3.8, 4) is 17.1 Å². The van der Waals surface area contributed by atoms with E-state index in [1.807, 2.05) is 0 Å². The van der Waals surface area contributed by atoms with Crippen LogP contribution in [0.2, 0.25) is 0 Å². The molecule has 9 aromatic carbocycles. The lowest BCUT2D eigenvalue weighted by molar-refractivity contribution is 1.13. The molecule has 0 unspecified atom stereocenters. The summed E-state index contributed by atoms with van der Waals surface area (Å²) in [5.74, 6) is 0. The minimum absolute atomic E-state index is 0.764. The fraction of sp³-hybridized carbons (Fsp3) is 0.0189. The highest BCUT2D eigenvalue weighted by Gasteiger charge is 2.19. The van der Waals surface area contributed by atoms with Crippen LogP contribution in [-0.4, -0.2) is 13.7 Å². The number of nitrogens with two attached hydrogens (primary N) is 1. The monoisotopic (exact) mass is 728 g/mol. The van der Waals surface area contributed by atoms with Gasteiger partial charge in [-0.05, 0) is 83.6 Å². The molecule has 0 atom stereocenters. The van der Waals surface area contributed by atoms with E-state index in [2.05, 4.69) is 208 Å². The summed E-state index contributed by atoms with van der Waals surface area (Å²) in [7, 11) is 0. The molecule has 0 radical (unpaired) electrons. The van der Waals surface area contributed by atoms with E-state index in [-0.39, 0.29) is 0 Å². The van der Waals surface area contributed by atoms with E-state index >= 15 is 0 Å². The molecule has 3 aromatic heterocycles. The second kappa shape index (κ2) is 12.2. The van der Waals surface area contributed by atoms with Gasteiger partial charge in [0.2, 0.25) is 0 Å². The Morgan fingerprint density at radius 2 is 0.702 bits per heavy atom. The number of rotatable bonds is 5. The standard InChI is InChI=1S/C53H36N4/c54-53-36(24-23-35-11-1-2-12-40(35)53)31-34-21-25-37(26-22-34)55-51-32-38(56-47-17-7-3-13-41(47)42-14-4-8-18-48(42)56)27-29-45(51)46-30-28-39(33-52(46)55)57-49-19-9-5-15-43(49)44-16-6-10-20-50(44)57/h1-30,32-33H,31,54H2. The number of fused-ring (bicyclic) bond motifs is 10. The largest absolute Gasteiger partial charge is 0.398 e. The van der Waals surface area contributed by atoms with Crippen LogP contribution in [0.4, 0.5) is 5.69 Å². The highest BCUT2D eigenvalue weighted by atomic mass is 15.0. The van der Waals surface area contributed by atoms with Gasteiger partial charge >= 0.3 is 0 Å². The Morgan fingerprint density at radius 1 is 0.316 bits per heavy atom. The number of anilines is 1. The highest BCUT2D eigenvalue weighted by Crippen LogP contribution is 2.39. The van der Waals surface area contributed by atoms with Gasteiger partial charge in [0.15, 0.2) is 0 Å². The van der Waals surface area contributed by atoms with E-state index in [0.29, 0.717) is 0 Å². The molecule has 57 heavy (non-hydrogen) atoms. The van der Waals surface area contributed by atoms with Crippen molar-refractivity contribution in [3.05, 3.63) is 205 Å². The average molecular weight is 729 g/mol. The van der Waals surface area contributed by atoms with Crippen molar-refractivity contribution in [2.75, 3.05) is 5.73 Å². The minimum atomic E-state index is 0.764. The summed E-state index contributed by atoms with van der Waals surface area (Å²) in [5, 5.41) is 9.74. The van der Waals surface area contributed by atoms with Gasteiger partial charge in [0.05, 0.1) is 33.1 Å². The Labute approximate surface area is 328 Å². The molecule has 0 amide bonds. The topological polar surface area (TPSA) is 40.8 Å². The number of hydrogen-bond acceptors (Lipinski definition) is 1. The summed E-state index contributed by atoms with van der Waals surface area (Å²) >= 11 is 0. The third-order valence-corrected chi connectivity index (χ3v) is 12.1. The molecule has 0 fully saturated rings. The molecule has 268 valence electrons. The van der Waals surface area contributed by atoms with Crippen molar-refractivity contribution in [3.63, 3.8) is 0 Å². The Hall–Kier alpha value is -7.56. The zero-order chi connectivity index (χ0) is 37.6. The van der Waals surface area contributed by atoms with Gasteiger partial charge in [-0.25, -0.2) is 0 Å². The molecule has 0 aliphatic rings. The summed E-state index contributed by atoms with van der Waals surface area (Å²) in [6.45, 7) is 0. The van der Waals surface area contributed by atoms with Gasteiger partial charge in [0.25, 0.3) is 0 Å². The summed E-state index contributed by atoms with van der Waals surface area (Å²) in [6, 6.07) is 70.6. The maximum Gasteiger partial charge on any atom is 0.0561 e. The van der Waals surface area contributed by atoms with Crippen molar-refractivity contribution < 1.29 is 0 Å². The van der Waals surface area contributed by atoms with Gasteiger partial charge < -0.3 is 19.4 Å². The lowest BCUT2D eigenvalue weighted by Gasteiger charge is -2.13. The predicted octanol–water partition coefficient (Wildman–Crippen LogP) is 13.3. The van der Waals surface area contributed by atoms with E-state index in [4.69, 9.17) is 5.73 Å². The predicted molar refractivity (Wildman–Crippen MR) is 241 cm³/mol. The van der Waals surface area contributed by atoms with Crippen LogP contribution in [0.15, 0.2) is 194 Å². The Morgan fingerprint density at radius 3 is 1.19 bits per heavy atom. The number of para-hydroxylation sites is 4. The molecular weight excluding hydrogens is 693 g/mol. The lowest BCUT2D eigenvalue weighted by Crippen LogP contribution is -1.99. The first kappa shape index (κ1) is 31.8. The molecule has 0 spiro atoms. The van der Waals surface area contributed by atoms with Crippen LogP contribution in [0, 0.1) is 0 Å². The second-order valence-corrected chi connectivity index (χ2v) is 15.2. The molecule has 3 heterocycles. The summed E-state index contributed by atoms with van der Waals surface area (Å²) in [4.78, 5) is 0. The van der Waals surface area contributed by atoms with Crippen LogP contribution >= 0.6 is 0 Å². The molecule has 12 rings (SSSR count). The SMILES string of the molecule is Nc1c(Cc2ccc(-n3c4cc(-n5c6ccccc6c6ccccc65)ccc4c4ccc(-n5c6ccccc6c6ccccc65)cc43)cc2)ccc2ccccc12. The Bertz CT molecular complexity index is 3280. The fourth-order valence-electron chi connectivity index (χ4n) is 9.43. The zero-order valence-electron chi connectivity index (χ0n) is 31.1. The molecule has 4 heteroatoms. The molecule has 0 aliphatic carbocycles. The number of aromatic nitrogens is 3. The number of benzene rings is 9. The van der Waals surface area contributed by atoms with Gasteiger partial charge in [-0.1, -0.05) is 133 Å². The van der Waals surface area contributed by atoms with Crippen LogP contribution in [0.25, 0.3) is 93.3 Å². The molecule has 4 nitrogen and oxygen atoms in total. The van der Waals surface area contributed by atoms with E-state index in [0.717, 1.165) is 51.2 Å². The van der Waals surface area contributed by atoms with Gasteiger partial charge in [0, 0.05) is 60.5 Å². The molecule has 0 saturated heterocycles. The molecule has 2 N–H and O–H groups in total. The first-order valence-corrected chi connectivity index (χ1v) is 19.6. The van der Waals surface area contributed by atoms with Gasteiger partial charge in [-0.3, -0.25) is 0 Å². The highest BCUT2D eigenvalue weighted by molar-refractivity contribution is 6.13. The maximum absolute atomic E-state index is 6.74. The maximum atomic E-state index is 6.74. The van der Waals surface area contributed by atoms with Crippen molar-refractivity contribution in [1.29, 1.82) is 0 Å². The van der Waals surface area contributed by atoms with E-state index in [9.17, 15) is 0 Å². The third kappa shape index (κ3) is 4.74. The van der Waals surface area contributed by atoms with Crippen LogP contribution in [0.5, 0.6) is 0 Å². The van der Waals surface area contributed by atoms with Crippen LogP contribution in [0.1, 0.15) is 11.1 Å². The molecule has 0 bridgehead atoms. The summed E-state index contributed by atoms with van der Waals surface area (Å²) in [6.07, 6.45) is 0.764. The zero-order valence-corrected chi connectivity index (χ0v) is 31.1. The first-order chi connectivity index (χ1) is 28.2. The van der Waals surface area contributed by atoms with Crippen molar-refractivity contribution in [1.82, 2.24) is 13.7 Å². The van der Waals surface area contributed by atoms with E-state index in [1.165, 1.54) is 65.3 Å². The fourth-order valence-corrected chi connectivity index (χ4v) is 9.43. The Kier molecular flexibility index (Phi) is 6.81. The number of nitrogen functional groups attached to an aromatic ring is 1. The molecule has 12 aromatic rings. The third-order valence-electron chi connectivity index (χ3n) is 12.1. The number of hydrogen-bond donors (Lipinski definition) is 1. The summed E-state index contributed by atoms with van der Waals surface area (Å²) < 4.78 is 7.27. The van der Waals surface area contributed by atoms with Crippen molar-refractivity contribution >= 4 is 81.9 Å². The second-order valence-electron chi connectivity index (χ2n) is 15.2. The van der Waals surface area contributed by atoms with Gasteiger partial charge in [-0.15, -0.1) is 0 Å². The van der Waals surface area contributed by atoms with Gasteiger partial charge in [-0.2, -0.15) is 0 Å². The molecule has 0 aliphatic heterocycles. The first-order valence-electron chi connectivity index (χ1n) is 19.6. The number of nitrogens with zero attached hydrogens (tertiary/aromatic N) is 3. The normalized spacial score (nSPS) is 12.0. The quantitative estimate of drug-likeness (QED) is 0.176. The van der Waals surface area contributed by atoms with E-state index < -0.39 is 0 Å². The minimum Gasteiger partial charge on any atom is -0.398 e. The van der Waals surface area contributed by atoms with Gasteiger partial charge in [0.1, 0.15) is 0 Å². The van der Waals surface area contributed by atoms with E-state index in [1.54, 1.807) is 0 Å². The Balaban J connectivity index is 1.08. The molecular formula is C53H36N4. The summed E-state index contributed by atoms with van der Waals surface area (Å²) in [5.41, 5.74) is 20.5. The van der Waals surface area contributed by atoms with Crippen LogP contribution in [-0.2, 0) is 6.42 Å². The lowest BCUT2D eigenvalue weighted by atomic mass is 9.98. The van der Waals surface area contributed by atoms with Crippen molar-refractivity contribution in [2.45, 2.75) is 6.42 Å².